The van der Waals surface area contributed by atoms with E-state index in [2.05, 4.69) is 10.1 Å². The fourth-order valence-electron chi connectivity index (χ4n) is 4.93. The maximum absolute atomic E-state index is 14.1. The zero-order valence-electron chi connectivity index (χ0n) is 20.8. The molecule has 0 radical (unpaired) electrons. The lowest BCUT2D eigenvalue weighted by molar-refractivity contribution is -0.140. The molecule has 1 aliphatic rings. The highest BCUT2D eigenvalue weighted by atomic mass is 35.5. The van der Waals surface area contributed by atoms with Crippen LogP contribution in [0.25, 0.3) is 22.5 Å². The number of aromatic nitrogens is 1. The van der Waals surface area contributed by atoms with E-state index < -0.39 is 11.4 Å². The van der Waals surface area contributed by atoms with Gasteiger partial charge in [-0.2, -0.15) is 0 Å². The van der Waals surface area contributed by atoms with Crippen molar-refractivity contribution in [1.82, 2.24) is 5.16 Å². The lowest BCUT2D eigenvalue weighted by Crippen LogP contribution is -2.20. The average Bonchev–Trinajstić information content (AvgIpc) is 3.62. The quantitative estimate of drug-likeness (QED) is 0.252. The second-order valence-corrected chi connectivity index (χ2v) is 10.1. The van der Waals surface area contributed by atoms with Gasteiger partial charge in [0.1, 0.15) is 17.2 Å². The predicted octanol–water partition coefficient (Wildman–Crippen LogP) is 7.29. The minimum absolute atomic E-state index is 0.277. The van der Waals surface area contributed by atoms with Gasteiger partial charge in [-0.1, -0.05) is 71.4 Å². The van der Waals surface area contributed by atoms with Gasteiger partial charge >= 0.3 is 5.97 Å². The van der Waals surface area contributed by atoms with E-state index in [1.165, 1.54) is 6.07 Å². The first-order valence-electron chi connectivity index (χ1n) is 12.4. The first-order chi connectivity index (χ1) is 17.8. The molecule has 4 aromatic rings. The SMILES string of the molecule is Cc1noc(-c2ccc(-c3ccc(C4(C(=O)O)CC4)cc3)cc2)c1N(C)CCCc1c(F)cccc1Cl. The number of halogens is 2. The number of carboxylic acids is 1. The summed E-state index contributed by atoms with van der Waals surface area (Å²) in [6.45, 7) is 2.59. The minimum atomic E-state index is -0.747. The number of hydrogen-bond acceptors (Lipinski definition) is 4. The van der Waals surface area contributed by atoms with E-state index >= 15 is 0 Å². The van der Waals surface area contributed by atoms with Crippen molar-refractivity contribution in [3.8, 4) is 22.5 Å². The third-order valence-corrected chi connectivity index (χ3v) is 7.63. The molecular formula is C30H28ClFN2O3. The molecule has 37 heavy (non-hydrogen) atoms. The van der Waals surface area contributed by atoms with Crippen molar-refractivity contribution in [2.45, 2.75) is 38.0 Å². The topological polar surface area (TPSA) is 66.6 Å². The molecule has 1 heterocycles. The Morgan fingerprint density at radius 1 is 1.05 bits per heavy atom. The summed E-state index contributed by atoms with van der Waals surface area (Å²) in [5.41, 5.74) is 5.35. The van der Waals surface area contributed by atoms with E-state index in [1.54, 1.807) is 12.1 Å². The van der Waals surface area contributed by atoms with E-state index in [1.807, 2.05) is 62.5 Å². The molecule has 1 aromatic heterocycles. The van der Waals surface area contributed by atoms with E-state index in [0.717, 1.165) is 40.1 Å². The Hall–Kier alpha value is -3.64. The number of nitrogens with zero attached hydrogens (tertiary/aromatic N) is 2. The van der Waals surface area contributed by atoms with Crippen molar-refractivity contribution in [3.05, 3.63) is 94.4 Å². The van der Waals surface area contributed by atoms with Crippen LogP contribution in [0, 0.1) is 12.7 Å². The van der Waals surface area contributed by atoms with E-state index in [4.69, 9.17) is 16.1 Å². The van der Waals surface area contributed by atoms with Gasteiger partial charge in [-0.05, 0) is 61.4 Å². The van der Waals surface area contributed by atoms with Crippen LogP contribution in [-0.4, -0.2) is 29.8 Å². The molecular weight excluding hydrogens is 491 g/mol. The van der Waals surface area contributed by atoms with Crippen molar-refractivity contribution < 1.29 is 18.8 Å². The Balaban J connectivity index is 1.29. The normalized spacial score (nSPS) is 13.9. The smallest absolute Gasteiger partial charge is 0.314 e. The molecule has 5 rings (SSSR count). The molecule has 1 fully saturated rings. The monoisotopic (exact) mass is 518 g/mol. The Morgan fingerprint density at radius 2 is 1.68 bits per heavy atom. The molecule has 0 bridgehead atoms. The number of anilines is 1. The number of aryl methyl sites for hydroxylation is 1. The van der Waals surface area contributed by atoms with Crippen LogP contribution in [-0.2, 0) is 16.6 Å². The van der Waals surface area contributed by atoms with Crippen molar-refractivity contribution in [2.24, 2.45) is 0 Å². The van der Waals surface area contributed by atoms with Crippen LogP contribution in [0.2, 0.25) is 5.02 Å². The molecule has 0 saturated heterocycles. The number of aliphatic carboxylic acids is 1. The summed E-state index contributed by atoms with van der Waals surface area (Å²) in [5.74, 6) is -0.340. The first kappa shape index (κ1) is 25.0. The zero-order valence-corrected chi connectivity index (χ0v) is 21.6. The average molecular weight is 519 g/mol. The number of carboxylic acid groups (broad SMARTS) is 1. The number of benzene rings is 3. The summed E-state index contributed by atoms with van der Waals surface area (Å²) in [4.78, 5) is 13.7. The number of rotatable bonds is 9. The maximum Gasteiger partial charge on any atom is 0.314 e. The Bertz CT molecular complexity index is 1410. The van der Waals surface area contributed by atoms with Gasteiger partial charge in [-0.15, -0.1) is 0 Å². The molecule has 7 heteroatoms. The Labute approximate surface area is 220 Å². The molecule has 0 atom stereocenters. The van der Waals surface area contributed by atoms with Crippen LogP contribution in [0.5, 0.6) is 0 Å². The highest BCUT2D eigenvalue weighted by Crippen LogP contribution is 2.48. The lowest BCUT2D eigenvalue weighted by Gasteiger charge is -2.19. The van der Waals surface area contributed by atoms with Crippen molar-refractivity contribution >= 4 is 23.3 Å². The third-order valence-electron chi connectivity index (χ3n) is 7.27. The van der Waals surface area contributed by atoms with Crippen LogP contribution in [0.1, 0.15) is 36.1 Å². The van der Waals surface area contributed by atoms with Crippen molar-refractivity contribution in [3.63, 3.8) is 0 Å². The Morgan fingerprint density at radius 3 is 2.27 bits per heavy atom. The second-order valence-electron chi connectivity index (χ2n) is 9.71. The first-order valence-corrected chi connectivity index (χ1v) is 12.7. The molecule has 0 spiro atoms. The highest BCUT2D eigenvalue weighted by molar-refractivity contribution is 6.31. The number of carbonyl (C=O) groups is 1. The van der Waals surface area contributed by atoms with Crippen molar-refractivity contribution in [1.29, 1.82) is 0 Å². The van der Waals surface area contributed by atoms with Gasteiger partial charge in [0.25, 0.3) is 0 Å². The maximum atomic E-state index is 14.1. The molecule has 5 nitrogen and oxygen atoms in total. The Kier molecular flexibility index (Phi) is 6.78. The largest absolute Gasteiger partial charge is 0.481 e. The van der Waals surface area contributed by atoms with E-state index in [9.17, 15) is 14.3 Å². The zero-order chi connectivity index (χ0) is 26.2. The summed E-state index contributed by atoms with van der Waals surface area (Å²) in [6, 6.07) is 20.6. The predicted molar refractivity (Wildman–Crippen MR) is 144 cm³/mol. The molecule has 1 aliphatic carbocycles. The molecule has 3 aromatic carbocycles. The van der Waals surface area contributed by atoms with E-state index in [0.29, 0.717) is 42.2 Å². The van der Waals surface area contributed by atoms with Gasteiger partial charge in [0.15, 0.2) is 5.76 Å². The third kappa shape index (κ3) is 4.86. The molecule has 0 amide bonds. The van der Waals surface area contributed by atoms with Crippen LogP contribution in [0.3, 0.4) is 0 Å². The highest BCUT2D eigenvalue weighted by Gasteiger charge is 2.51. The van der Waals surface area contributed by atoms with Gasteiger partial charge < -0.3 is 14.5 Å². The fraction of sp³-hybridized carbons (Fsp3) is 0.267. The van der Waals surface area contributed by atoms with Gasteiger partial charge in [0, 0.05) is 29.7 Å². The second kappa shape index (κ2) is 10.0. The molecule has 0 aliphatic heterocycles. The standard InChI is InChI=1S/C30H28ClFN2O3/c1-19-27(34(2)18-4-5-24-25(31)6-3-7-26(24)32)28(37-33-19)22-10-8-20(9-11-22)21-12-14-23(15-13-21)30(16-17-30)29(35)36/h3,6-15H,4-5,16-18H2,1-2H3,(H,35,36). The molecule has 0 unspecified atom stereocenters. The van der Waals surface area contributed by atoms with Gasteiger partial charge in [-0.3, -0.25) is 4.79 Å². The summed E-state index contributed by atoms with van der Waals surface area (Å²) in [5, 5.41) is 14.2. The number of hydrogen-bond donors (Lipinski definition) is 1. The minimum Gasteiger partial charge on any atom is -0.481 e. The van der Waals surface area contributed by atoms with Gasteiger partial charge in [-0.25, -0.2) is 4.39 Å². The van der Waals surface area contributed by atoms with Crippen LogP contribution < -0.4 is 4.90 Å². The van der Waals surface area contributed by atoms with Crippen LogP contribution in [0.4, 0.5) is 10.1 Å². The fourth-order valence-corrected chi connectivity index (χ4v) is 5.18. The van der Waals surface area contributed by atoms with Crippen LogP contribution in [0.15, 0.2) is 71.3 Å². The lowest BCUT2D eigenvalue weighted by atomic mass is 9.93. The summed E-state index contributed by atoms with van der Waals surface area (Å²) < 4.78 is 19.8. The summed E-state index contributed by atoms with van der Waals surface area (Å²) in [7, 11) is 1.98. The van der Waals surface area contributed by atoms with Crippen molar-refractivity contribution in [2.75, 3.05) is 18.5 Å². The summed E-state index contributed by atoms with van der Waals surface area (Å²) in [6.07, 6.45) is 2.65. The molecule has 1 saturated carbocycles. The van der Waals surface area contributed by atoms with Gasteiger partial charge in [0.05, 0.1) is 5.41 Å². The van der Waals surface area contributed by atoms with Gasteiger partial charge in [0.2, 0.25) is 0 Å². The summed E-state index contributed by atoms with van der Waals surface area (Å²) >= 11 is 6.17. The van der Waals surface area contributed by atoms with E-state index in [-0.39, 0.29) is 5.82 Å². The molecule has 1 N–H and O–H groups in total. The molecule has 190 valence electrons. The van der Waals surface area contributed by atoms with Crippen LogP contribution >= 0.6 is 11.6 Å².